The highest BCUT2D eigenvalue weighted by atomic mass is 16.5. The Bertz CT molecular complexity index is 1350. The summed E-state index contributed by atoms with van der Waals surface area (Å²) in [5, 5.41) is 21.1. The molecule has 0 aliphatic rings. The Kier molecular flexibility index (Phi) is 7.31. The number of H-pyrrole nitrogens is 2. The number of aryl methyl sites for hydroxylation is 2. The number of nitrogens with one attached hydrogen (secondary N) is 2. The van der Waals surface area contributed by atoms with Gasteiger partial charge in [0.05, 0.1) is 24.6 Å². The van der Waals surface area contributed by atoms with Gasteiger partial charge in [0.1, 0.15) is 22.9 Å². The molecule has 12 heteroatoms. The minimum atomic E-state index is -0.590. The number of benzene rings is 2. The van der Waals surface area contributed by atoms with E-state index in [1.54, 1.807) is 50.2 Å². The molecule has 2 heterocycles. The van der Waals surface area contributed by atoms with Crippen molar-refractivity contribution in [2.45, 2.75) is 20.3 Å². The lowest BCUT2D eigenvalue weighted by molar-refractivity contribution is 0.248. The summed E-state index contributed by atoms with van der Waals surface area (Å²) >= 11 is 0. The molecule has 0 aliphatic heterocycles. The smallest absolute Gasteiger partial charge is 0.384 e. The van der Waals surface area contributed by atoms with E-state index in [-0.39, 0.29) is 11.4 Å². The molecule has 4 rings (SSSR count). The molecule has 0 bridgehead atoms. The molecule has 35 heavy (non-hydrogen) atoms. The molecule has 2 aromatic heterocycles. The van der Waals surface area contributed by atoms with E-state index in [0.717, 1.165) is 0 Å². The third kappa shape index (κ3) is 5.79. The molecule has 0 fully saturated rings. The van der Waals surface area contributed by atoms with Crippen molar-refractivity contribution in [3.8, 4) is 11.5 Å². The Morgan fingerprint density at radius 3 is 1.51 bits per heavy atom. The zero-order chi connectivity index (χ0) is 24.6. The number of azo groups is 2. The Morgan fingerprint density at radius 2 is 1.11 bits per heavy atom. The number of rotatable bonds is 10. The van der Waals surface area contributed by atoms with Crippen molar-refractivity contribution in [2.24, 2.45) is 20.5 Å². The molecule has 0 saturated heterocycles. The fraction of sp³-hybridized carbons (Fsp3) is 0.217. The summed E-state index contributed by atoms with van der Waals surface area (Å²) in [6.45, 7) is 4.04. The highest BCUT2D eigenvalue weighted by Crippen LogP contribution is 2.30. The standard InChI is InChI=1S/C23H22N6O6/c1-14-20(22(30)34-28-14)26-24-16-8-3-5-10-18(16)32-12-7-13-33-19-11-6-4-9-17(19)25-27-21-15(2)29-35-23(21)31/h3-6,8-11,28-29H,7,12-13H2,1-2H3. The molecule has 0 unspecified atom stereocenters. The Labute approximate surface area is 198 Å². The normalized spacial score (nSPS) is 11.5. The lowest BCUT2D eigenvalue weighted by Crippen LogP contribution is -2.05. The second-order valence-electron chi connectivity index (χ2n) is 7.32. The van der Waals surface area contributed by atoms with E-state index < -0.39 is 11.3 Å². The lowest BCUT2D eigenvalue weighted by atomic mass is 10.3. The maximum Gasteiger partial charge on any atom is 0.384 e. The van der Waals surface area contributed by atoms with Gasteiger partial charge in [-0.2, -0.15) is 0 Å². The van der Waals surface area contributed by atoms with Crippen LogP contribution < -0.4 is 20.7 Å². The highest BCUT2D eigenvalue weighted by molar-refractivity contribution is 5.52. The Morgan fingerprint density at radius 1 is 0.686 bits per heavy atom. The van der Waals surface area contributed by atoms with Crippen molar-refractivity contribution in [1.82, 2.24) is 10.3 Å². The largest absolute Gasteiger partial charge is 0.491 e. The second kappa shape index (κ2) is 10.9. The predicted molar refractivity (Wildman–Crippen MR) is 125 cm³/mol. The van der Waals surface area contributed by atoms with Gasteiger partial charge >= 0.3 is 11.3 Å². The van der Waals surface area contributed by atoms with Crippen molar-refractivity contribution >= 4 is 22.7 Å². The first-order valence-corrected chi connectivity index (χ1v) is 10.7. The summed E-state index contributed by atoms with van der Waals surface area (Å²) < 4.78 is 21.0. The van der Waals surface area contributed by atoms with Crippen molar-refractivity contribution in [3.63, 3.8) is 0 Å². The van der Waals surface area contributed by atoms with Crippen LogP contribution in [0.2, 0.25) is 0 Å². The minimum absolute atomic E-state index is 0.108. The number of para-hydroxylation sites is 2. The van der Waals surface area contributed by atoms with E-state index >= 15 is 0 Å². The number of aromatic amines is 2. The van der Waals surface area contributed by atoms with Gasteiger partial charge in [-0.05, 0) is 38.1 Å². The SMILES string of the molecule is Cc1[nH]oc(=O)c1N=Nc1ccccc1OCCCOc1ccccc1N=Nc1c(C)[nH]oc1=O. The van der Waals surface area contributed by atoms with E-state index in [0.29, 0.717) is 53.9 Å². The molecule has 12 nitrogen and oxygen atoms in total. The van der Waals surface area contributed by atoms with Gasteiger partial charge < -0.3 is 18.5 Å². The van der Waals surface area contributed by atoms with Gasteiger partial charge in [0.2, 0.25) is 0 Å². The molecule has 4 aromatic rings. The van der Waals surface area contributed by atoms with Crippen LogP contribution in [0.15, 0.2) is 87.6 Å². The quantitative estimate of drug-likeness (QED) is 0.225. The molecule has 0 aliphatic carbocycles. The molecule has 0 spiro atoms. The van der Waals surface area contributed by atoms with E-state index in [1.807, 2.05) is 12.1 Å². The zero-order valence-electron chi connectivity index (χ0n) is 19.0. The van der Waals surface area contributed by atoms with Gasteiger partial charge in [-0.1, -0.05) is 24.3 Å². The number of hydrogen-bond acceptors (Lipinski definition) is 10. The molecule has 0 amide bonds. The topological polar surface area (TPSA) is 160 Å². The minimum Gasteiger partial charge on any atom is -0.491 e. The van der Waals surface area contributed by atoms with Crippen LogP contribution in [0.4, 0.5) is 22.7 Å². The molecule has 2 aromatic carbocycles. The van der Waals surface area contributed by atoms with Crippen LogP contribution in [0.5, 0.6) is 11.5 Å². The van der Waals surface area contributed by atoms with E-state index in [9.17, 15) is 9.59 Å². The molecule has 0 saturated carbocycles. The third-order valence-electron chi connectivity index (χ3n) is 4.74. The lowest BCUT2D eigenvalue weighted by Gasteiger charge is -2.10. The van der Waals surface area contributed by atoms with Crippen LogP contribution in [0.3, 0.4) is 0 Å². The first kappa shape index (κ1) is 23.4. The van der Waals surface area contributed by atoms with Crippen molar-refractivity contribution in [1.29, 1.82) is 0 Å². The third-order valence-corrected chi connectivity index (χ3v) is 4.74. The van der Waals surface area contributed by atoms with Crippen LogP contribution >= 0.6 is 0 Å². The summed E-state index contributed by atoms with van der Waals surface area (Å²) in [4.78, 5) is 23.3. The van der Waals surface area contributed by atoms with Gasteiger partial charge in [0, 0.05) is 6.42 Å². The van der Waals surface area contributed by atoms with Gasteiger partial charge in [-0.3, -0.25) is 0 Å². The fourth-order valence-electron chi connectivity index (χ4n) is 2.93. The van der Waals surface area contributed by atoms with Gasteiger partial charge in [-0.25, -0.2) is 19.9 Å². The summed E-state index contributed by atoms with van der Waals surface area (Å²) in [6.07, 6.45) is 0.567. The van der Waals surface area contributed by atoms with Gasteiger partial charge in [-0.15, -0.1) is 20.5 Å². The maximum atomic E-state index is 11.6. The molecular formula is C23H22N6O6. The van der Waals surface area contributed by atoms with Crippen molar-refractivity contribution < 1.29 is 18.5 Å². The molecule has 0 atom stereocenters. The molecule has 0 radical (unpaired) electrons. The summed E-state index contributed by atoms with van der Waals surface area (Å²) in [5.41, 5.74) is 0.962. The summed E-state index contributed by atoms with van der Waals surface area (Å²) in [5.74, 6) is 1.03. The van der Waals surface area contributed by atoms with Crippen LogP contribution in [0.1, 0.15) is 17.8 Å². The van der Waals surface area contributed by atoms with E-state index in [1.165, 1.54) is 0 Å². The number of nitrogens with zero attached hydrogens (tertiary/aromatic N) is 4. The van der Waals surface area contributed by atoms with Crippen molar-refractivity contribution in [3.05, 3.63) is 80.8 Å². The first-order valence-electron chi connectivity index (χ1n) is 10.7. The zero-order valence-corrected chi connectivity index (χ0v) is 19.0. The van der Waals surface area contributed by atoms with E-state index in [4.69, 9.17) is 9.47 Å². The average Bonchev–Trinajstić information content (AvgIpc) is 3.36. The highest BCUT2D eigenvalue weighted by Gasteiger charge is 2.10. The van der Waals surface area contributed by atoms with Crippen LogP contribution in [-0.4, -0.2) is 23.5 Å². The summed E-state index contributed by atoms with van der Waals surface area (Å²) in [6, 6.07) is 14.2. The summed E-state index contributed by atoms with van der Waals surface area (Å²) in [7, 11) is 0. The average molecular weight is 478 g/mol. The van der Waals surface area contributed by atoms with Crippen LogP contribution in [0, 0.1) is 13.8 Å². The number of ether oxygens (including phenoxy) is 2. The van der Waals surface area contributed by atoms with Crippen LogP contribution in [-0.2, 0) is 0 Å². The second-order valence-corrected chi connectivity index (χ2v) is 7.32. The Balaban J connectivity index is 1.33. The van der Waals surface area contributed by atoms with E-state index in [2.05, 4.69) is 39.8 Å². The Hall–Kier alpha value is -4.74. The van der Waals surface area contributed by atoms with Gasteiger partial charge in [0.25, 0.3) is 0 Å². The maximum absolute atomic E-state index is 11.6. The number of hydrogen-bond donors (Lipinski definition) is 2. The number of aromatic nitrogens is 2. The predicted octanol–water partition coefficient (Wildman–Crippen LogP) is 5.54. The van der Waals surface area contributed by atoms with Crippen molar-refractivity contribution in [2.75, 3.05) is 13.2 Å². The molecule has 180 valence electrons. The van der Waals surface area contributed by atoms with Crippen LogP contribution in [0.25, 0.3) is 0 Å². The molecular weight excluding hydrogens is 456 g/mol. The van der Waals surface area contributed by atoms with Gasteiger partial charge in [0.15, 0.2) is 11.4 Å². The monoisotopic (exact) mass is 478 g/mol. The first-order chi connectivity index (χ1) is 17.0. The molecule has 2 N–H and O–H groups in total. The fourth-order valence-corrected chi connectivity index (χ4v) is 2.93.